The van der Waals surface area contributed by atoms with Crippen LogP contribution in [0.25, 0.3) is 0 Å². The maximum atomic E-state index is 11.8. The molecule has 1 N–H and O–H groups in total. The van der Waals surface area contributed by atoms with E-state index in [4.69, 9.17) is 5.26 Å². The average molecular weight is 274 g/mol. The molecule has 0 aliphatic heterocycles. The van der Waals surface area contributed by atoms with Crippen LogP contribution in [0.1, 0.15) is 5.56 Å². The molecule has 106 valence electrons. The molecule has 0 saturated carbocycles. The summed E-state index contributed by atoms with van der Waals surface area (Å²) < 4.78 is 0. The molecule has 0 heterocycles. The highest BCUT2D eigenvalue weighted by Gasteiger charge is 2.12. The number of anilines is 1. The average Bonchev–Trinajstić information content (AvgIpc) is 2.38. The fourth-order valence-corrected chi connectivity index (χ4v) is 1.54. The molecule has 0 fully saturated rings. The van der Waals surface area contributed by atoms with Crippen molar-refractivity contribution in [1.29, 1.82) is 5.26 Å². The number of amides is 2. The zero-order chi connectivity index (χ0) is 15.1. The van der Waals surface area contributed by atoms with Crippen LogP contribution < -0.4 is 5.32 Å². The predicted molar refractivity (Wildman–Crippen MR) is 76.0 cm³/mol. The molecule has 0 bridgehead atoms. The summed E-state index contributed by atoms with van der Waals surface area (Å²) in [6.07, 6.45) is 0. The van der Waals surface area contributed by atoms with Crippen molar-refractivity contribution in [2.45, 2.75) is 0 Å². The number of carbonyl (C=O) groups is 2. The number of likely N-dealkylation sites (N-methyl/N-ethyl adjacent to an activating group) is 2. The first-order valence-electron chi connectivity index (χ1n) is 6.11. The Bertz CT molecular complexity index is 534. The van der Waals surface area contributed by atoms with Crippen molar-refractivity contribution in [2.75, 3.05) is 39.5 Å². The van der Waals surface area contributed by atoms with Gasteiger partial charge in [0.15, 0.2) is 0 Å². The van der Waals surface area contributed by atoms with E-state index in [-0.39, 0.29) is 24.9 Å². The van der Waals surface area contributed by atoms with Gasteiger partial charge in [-0.15, -0.1) is 0 Å². The second-order valence-electron chi connectivity index (χ2n) is 4.70. The van der Waals surface area contributed by atoms with Crippen LogP contribution in [0.4, 0.5) is 5.69 Å². The molecule has 0 atom stereocenters. The molecular formula is C14H18N4O2. The van der Waals surface area contributed by atoms with Gasteiger partial charge in [-0.05, 0) is 25.2 Å². The highest BCUT2D eigenvalue weighted by atomic mass is 16.2. The lowest BCUT2D eigenvalue weighted by Crippen LogP contribution is -2.38. The van der Waals surface area contributed by atoms with Crippen LogP contribution in [0.5, 0.6) is 0 Å². The van der Waals surface area contributed by atoms with Gasteiger partial charge in [0.1, 0.15) is 0 Å². The fraction of sp³-hybridized carbons (Fsp3) is 0.357. The van der Waals surface area contributed by atoms with Gasteiger partial charge in [-0.1, -0.05) is 6.07 Å². The minimum Gasteiger partial charge on any atom is -0.348 e. The van der Waals surface area contributed by atoms with Gasteiger partial charge >= 0.3 is 0 Å². The van der Waals surface area contributed by atoms with Crippen LogP contribution in [-0.4, -0.2) is 55.8 Å². The first kappa shape index (κ1) is 15.7. The van der Waals surface area contributed by atoms with Crippen molar-refractivity contribution in [3.05, 3.63) is 29.8 Å². The van der Waals surface area contributed by atoms with E-state index in [0.717, 1.165) is 0 Å². The predicted octanol–water partition coefficient (Wildman–Crippen LogP) is 0.517. The molecule has 20 heavy (non-hydrogen) atoms. The minimum absolute atomic E-state index is 0.0632. The quantitative estimate of drug-likeness (QED) is 0.849. The Morgan fingerprint density at radius 1 is 1.25 bits per heavy atom. The van der Waals surface area contributed by atoms with E-state index in [1.807, 2.05) is 6.07 Å². The van der Waals surface area contributed by atoms with Crippen molar-refractivity contribution in [3.63, 3.8) is 0 Å². The summed E-state index contributed by atoms with van der Waals surface area (Å²) in [5, 5.41) is 11.5. The molecule has 1 aromatic rings. The van der Waals surface area contributed by atoms with E-state index in [2.05, 4.69) is 5.32 Å². The number of rotatable bonds is 5. The molecule has 0 aliphatic rings. The molecule has 6 nitrogen and oxygen atoms in total. The topological polar surface area (TPSA) is 76.4 Å². The van der Waals surface area contributed by atoms with E-state index in [1.165, 1.54) is 4.90 Å². The van der Waals surface area contributed by atoms with Crippen LogP contribution >= 0.6 is 0 Å². The molecule has 0 saturated heterocycles. The van der Waals surface area contributed by atoms with Crippen LogP contribution in [0, 0.1) is 11.3 Å². The molecule has 1 aromatic carbocycles. The Labute approximate surface area is 118 Å². The number of nitriles is 1. The molecule has 0 unspecified atom stereocenters. The lowest BCUT2D eigenvalue weighted by Gasteiger charge is -2.18. The first-order valence-corrected chi connectivity index (χ1v) is 6.11. The van der Waals surface area contributed by atoms with Crippen molar-refractivity contribution >= 4 is 17.5 Å². The van der Waals surface area contributed by atoms with E-state index in [0.29, 0.717) is 11.3 Å². The monoisotopic (exact) mass is 274 g/mol. The molecular weight excluding hydrogens is 256 g/mol. The van der Waals surface area contributed by atoms with Crippen molar-refractivity contribution in [2.24, 2.45) is 0 Å². The highest BCUT2D eigenvalue weighted by Crippen LogP contribution is 2.09. The Morgan fingerprint density at radius 2 is 1.95 bits per heavy atom. The number of hydrogen-bond donors (Lipinski definition) is 1. The van der Waals surface area contributed by atoms with Crippen molar-refractivity contribution < 1.29 is 9.59 Å². The third kappa shape index (κ3) is 5.08. The fourth-order valence-electron chi connectivity index (χ4n) is 1.54. The Hall–Kier alpha value is -2.39. The van der Waals surface area contributed by atoms with Gasteiger partial charge in [0.05, 0.1) is 24.7 Å². The molecule has 0 radical (unpaired) electrons. The van der Waals surface area contributed by atoms with E-state index in [9.17, 15) is 9.59 Å². The van der Waals surface area contributed by atoms with Gasteiger partial charge in [-0.25, -0.2) is 0 Å². The van der Waals surface area contributed by atoms with Crippen LogP contribution in [-0.2, 0) is 9.59 Å². The molecule has 0 aliphatic carbocycles. The normalized spacial score (nSPS) is 9.95. The SMILES string of the molecule is CN(CC(=O)Nc1cccc(C#N)c1)CC(=O)N(C)C. The van der Waals surface area contributed by atoms with Crippen molar-refractivity contribution in [3.8, 4) is 6.07 Å². The maximum Gasteiger partial charge on any atom is 0.238 e. The van der Waals surface area contributed by atoms with E-state index >= 15 is 0 Å². The van der Waals surface area contributed by atoms with Gasteiger partial charge in [0, 0.05) is 19.8 Å². The Morgan fingerprint density at radius 3 is 2.55 bits per heavy atom. The molecule has 2 amide bonds. The minimum atomic E-state index is -0.228. The maximum absolute atomic E-state index is 11.8. The van der Waals surface area contributed by atoms with Gasteiger partial charge in [-0.3, -0.25) is 14.5 Å². The van der Waals surface area contributed by atoms with Gasteiger partial charge in [0.25, 0.3) is 0 Å². The zero-order valence-electron chi connectivity index (χ0n) is 11.9. The van der Waals surface area contributed by atoms with Crippen LogP contribution in [0.2, 0.25) is 0 Å². The highest BCUT2D eigenvalue weighted by molar-refractivity contribution is 5.92. The first-order chi connectivity index (χ1) is 9.42. The Balaban J connectivity index is 2.51. The number of nitrogens with one attached hydrogen (secondary N) is 1. The second-order valence-corrected chi connectivity index (χ2v) is 4.70. The summed E-state index contributed by atoms with van der Waals surface area (Å²) in [7, 11) is 5.04. The third-order valence-electron chi connectivity index (χ3n) is 2.59. The summed E-state index contributed by atoms with van der Waals surface area (Å²) in [5.74, 6) is -0.291. The summed E-state index contributed by atoms with van der Waals surface area (Å²) in [5.41, 5.74) is 1.06. The molecule has 0 aromatic heterocycles. The second kappa shape index (κ2) is 7.26. The van der Waals surface area contributed by atoms with Gasteiger partial charge in [0.2, 0.25) is 11.8 Å². The molecule has 6 heteroatoms. The number of carbonyl (C=O) groups excluding carboxylic acids is 2. The summed E-state index contributed by atoms with van der Waals surface area (Å²) in [4.78, 5) is 26.4. The van der Waals surface area contributed by atoms with E-state index < -0.39 is 0 Å². The van der Waals surface area contributed by atoms with Gasteiger partial charge < -0.3 is 10.2 Å². The lowest BCUT2D eigenvalue weighted by atomic mass is 10.2. The smallest absolute Gasteiger partial charge is 0.238 e. The standard InChI is InChI=1S/C14H18N4O2/c1-17(2)14(20)10-18(3)9-13(19)16-12-6-4-5-11(7-12)8-15/h4-7H,9-10H2,1-3H3,(H,16,19). The summed E-state index contributed by atoms with van der Waals surface area (Å²) >= 11 is 0. The summed E-state index contributed by atoms with van der Waals surface area (Å²) in [6, 6.07) is 8.69. The lowest BCUT2D eigenvalue weighted by molar-refractivity contribution is -0.130. The number of benzene rings is 1. The van der Waals surface area contributed by atoms with Crippen molar-refractivity contribution in [1.82, 2.24) is 9.80 Å². The number of nitrogens with zero attached hydrogens (tertiary/aromatic N) is 3. The number of hydrogen-bond acceptors (Lipinski definition) is 4. The molecule has 1 rings (SSSR count). The molecule has 0 spiro atoms. The van der Waals surface area contributed by atoms with E-state index in [1.54, 1.807) is 50.3 Å². The van der Waals surface area contributed by atoms with Crippen LogP contribution in [0.3, 0.4) is 0 Å². The largest absolute Gasteiger partial charge is 0.348 e. The zero-order valence-corrected chi connectivity index (χ0v) is 11.9. The summed E-state index contributed by atoms with van der Waals surface area (Å²) in [6.45, 7) is 0.287. The Kier molecular flexibility index (Phi) is 5.69. The van der Waals surface area contributed by atoms with Gasteiger partial charge in [-0.2, -0.15) is 5.26 Å². The van der Waals surface area contributed by atoms with Crippen LogP contribution in [0.15, 0.2) is 24.3 Å². The third-order valence-corrected chi connectivity index (χ3v) is 2.59.